The average molecular weight is 327 g/mol. The van der Waals surface area contributed by atoms with Crippen LogP contribution in [0, 0.1) is 24.0 Å². The molecule has 0 heterocycles. The molecule has 128 valence electrons. The molecular formula is C19H25N3O2. The minimum absolute atomic E-state index is 0.149. The maximum Gasteiger partial charge on any atom is 0.292 e. The maximum absolute atomic E-state index is 11.2. The second-order valence-corrected chi connectivity index (χ2v) is 6.21. The van der Waals surface area contributed by atoms with Crippen LogP contribution in [0.2, 0.25) is 0 Å². The number of anilines is 1. The molecule has 2 rings (SSSR count). The van der Waals surface area contributed by atoms with Crippen molar-refractivity contribution in [1.29, 1.82) is 0 Å². The minimum Gasteiger partial charge on any atom is -0.379 e. The van der Waals surface area contributed by atoms with Crippen LogP contribution < -0.4 is 5.32 Å². The van der Waals surface area contributed by atoms with E-state index in [4.69, 9.17) is 0 Å². The molecule has 0 saturated carbocycles. The predicted octanol–water partition coefficient (Wildman–Crippen LogP) is 4.15. The first-order valence-electron chi connectivity index (χ1n) is 8.19. The number of nitrogens with one attached hydrogen (secondary N) is 1. The number of nitrogens with zero attached hydrogens (tertiary/aromatic N) is 2. The number of hydrogen-bond acceptors (Lipinski definition) is 4. The van der Waals surface area contributed by atoms with E-state index in [1.807, 2.05) is 38.1 Å². The van der Waals surface area contributed by atoms with Crippen LogP contribution in [-0.4, -0.2) is 30.0 Å². The zero-order valence-corrected chi connectivity index (χ0v) is 14.6. The summed E-state index contributed by atoms with van der Waals surface area (Å²) in [6.07, 6.45) is 0.924. The van der Waals surface area contributed by atoms with Crippen molar-refractivity contribution in [3.63, 3.8) is 0 Å². The topological polar surface area (TPSA) is 58.4 Å². The molecule has 0 saturated heterocycles. The molecular weight excluding hydrogens is 302 g/mol. The Labute approximate surface area is 143 Å². The second-order valence-electron chi connectivity index (χ2n) is 6.21. The summed E-state index contributed by atoms with van der Waals surface area (Å²) in [6, 6.07) is 13.8. The molecule has 0 aliphatic rings. The molecule has 0 unspecified atom stereocenters. The van der Waals surface area contributed by atoms with Gasteiger partial charge in [-0.15, -0.1) is 0 Å². The van der Waals surface area contributed by atoms with E-state index in [1.165, 1.54) is 5.56 Å². The van der Waals surface area contributed by atoms with Crippen LogP contribution >= 0.6 is 0 Å². The summed E-state index contributed by atoms with van der Waals surface area (Å²) < 4.78 is 0. The van der Waals surface area contributed by atoms with Crippen LogP contribution in [0.25, 0.3) is 0 Å². The summed E-state index contributed by atoms with van der Waals surface area (Å²) in [5.41, 5.74) is 4.04. The van der Waals surface area contributed by atoms with Gasteiger partial charge in [-0.05, 0) is 56.6 Å². The second kappa shape index (κ2) is 8.45. The number of nitro benzene ring substituents is 1. The van der Waals surface area contributed by atoms with Crippen molar-refractivity contribution in [3.8, 4) is 0 Å². The monoisotopic (exact) mass is 327 g/mol. The number of benzene rings is 2. The summed E-state index contributed by atoms with van der Waals surface area (Å²) in [6.45, 7) is 6.41. The van der Waals surface area contributed by atoms with Crippen molar-refractivity contribution in [2.45, 2.75) is 26.8 Å². The Morgan fingerprint density at radius 1 is 1.12 bits per heavy atom. The molecule has 0 bridgehead atoms. The molecule has 0 aromatic heterocycles. The van der Waals surface area contributed by atoms with Crippen LogP contribution in [0.1, 0.15) is 23.1 Å². The fourth-order valence-corrected chi connectivity index (χ4v) is 2.64. The SMILES string of the molecule is Cc1cc(NCCCN(C)Cc2ccccc2)c([N+](=O)[O-])cc1C. The number of rotatable bonds is 8. The van der Waals surface area contributed by atoms with Gasteiger partial charge in [0.25, 0.3) is 5.69 Å². The van der Waals surface area contributed by atoms with Gasteiger partial charge >= 0.3 is 0 Å². The average Bonchev–Trinajstić information content (AvgIpc) is 2.55. The van der Waals surface area contributed by atoms with Gasteiger partial charge in [-0.25, -0.2) is 0 Å². The van der Waals surface area contributed by atoms with Gasteiger partial charge in [-0.2, -0.15) is 0 Å². The van der Waals surface area contributed by atoms with E-state index in [-0.39, 0.29) is 10.6 Å². The molecule has 1 N–H and O–H groups in total. The van der Waals surface area contributed by atoms with Gasteiger partial charge in [0.05, 0.1) is 4.92 Å². The van der Waals surface area contributed by atoms with Crippen molar-refractivity contribution in [1.82, 2.24) is 4.90 Å². The largest absolute Gasteiger partial charge is 0.379 e. The maximum atomic E-state index is 11.2. The smallest absolute Gasteiger partial charge is 0.292 e. The van der Waals surface area contributed by atoms with Crippen LogP contribution in [-0.2, 0) is 6.54 Å². The first-order valence-corrected chi connectivity index (χ1v) is 8.19. The summed E-state index contributed by atoms with van der Waals surface area (Å²) in [5, 5.41) is 14.4. The Bertz CT molecular complexity index is 687. The fourth-order valence-electron chi connectivity index (χ4n) is 2.64. The van der Waals surface area contributed by atoms with Crippen molar-refractivity contribution in [3.05, 3.63) is 69.3 Å². The third-order valence-electron chi connectivity index (χ3n) is 4.14. The van der Waals surface area contributed by atoms with E-state index in [9.17, 15) is 10.1 Å². The van der Waals surface area contributed by atoms with Gasteiger partial charge in [0, 0.05) is 19.2 Å². The standard InChI is InChI=1S/C19H25N3O2/c1-15-12-18(19(22(23)24)13-16(15)2)20-10-7-11-21(3)14-17-8-5-4-6-9-17/h4-6,8-9,12-13,20H,7,10-11,14H2,1-3H3. The minimum atomic E-state index is -0.323. The Balaban J connectivity index is 1.84. The summed E-state index contributed by atoms with van der Waals surface area (Å²) >= 11 is 0. The van der Waals surface area contributed by atoms with E-state index in [1.54, 1.807) is 6.07 Å². The van der Waals surface area contributed by atoms with Gasteiger partial charge in [0.2, 0.25) is 0 Å². The van der Waals surface area contributed by atoms with Gasteiger partial charge in [-0.1, -0.05) is 30.3 Å². The first kappa shape index (κ1) is 17.9. The first-order chi connectivity index (χ1) is 11.5. The molecule has 0 atom stereocenters. The highest BCUT2D eigenvalue weighted by molar-refractivity contribution is 5.64. The molecule has 2 aromatic rings. The van der Waals surface area contributed by atoms with Crippen molar-refractivity contribution in [2.75, 3.05) is 25.5 Å². The van der Waals surface area contributed by atoms with Crippen molar-refractivity contribution in [2.24, 2.45) is 0 Å². The zero-order chi connectivity index (χ0) is 17.5. The molecule has 0 aliphatic carbocycles. The molecule has 5 nitrogen and oxygen atoms in total. The van der Waals surface area contributed by atoms with Crippen molar-refractivity contribution < 1.29 is 4.92 Å². The lowest BCUT2D eigenvalue weighted by Gasteiger charge is -2.17. The zero-order valence-electron chi connectivity index (χ0n) is 14.6. The predicted molar refractivity (Wildman–Crippen MR) is 98.5 cm³/mol. The molecule has 24 heavy (non-hydrogen) atoms. The van der Waals surface area contributed by atoms with E-state index in [0.717, 1.165) is 30.6 Å². The van der Waals surface area contributed by atoms with Gasteiger partial charge in [0.1, 0.15) is 5.69 Å². The highest BCUT2D eigenvalue weighted by Crippen LogP contribution is 2.27. The van der Waals surface area contributed by atoms with E-state index in [2.05, 4.69) is 29.4 Å². The van der Waals surface area contributed by atoms with E-state index in [0.29, 0.717) is 12.2 Å². The highest BCUT2D eigenvalue weighted by Gasteiger charge is 2.15. The number of aryl methyl sites for hydroxylation is 2. The molecule has 0 fully saturated rings. The van der Waals surface area contributed by atoms with Crippen molar-refractivity contribution >= 4 is 11.4 Å². The molecule has 0 amide bonds. The molecule has 5 heteroatoms. The lowest BCUT2D eigenvalue weighted by Crippen LogP contribution is -2.21. The van der Waals surface area contributed by atoms with Gasteiger partial charge in [0.15, 0.2) is 0 Å². The summed E-state index contributed by atoms with van der Waals surface area (Å²) in [4.78, 5) is 13.1. The van der Waals surface area contributed by atoms with Crippen LogP contribution in [0.3, 0.4) is 0 Å². The lowest BCUT2D eigenvalue weighted by molar-refractivity contribution is -0.384. The van der Waals surface area contributed by atoms with E-state index < -0.39 is 0 Å². The highest BCUT2D eigenvalue weighted by atomic mass is 16.6. The van der Waals surface area contributed by atoms with Crippen LogP contribution in [0.4, 0.5) is 11.4 Å². The molecule has 2 aromatic carbocycles. The van der Waals surface area contributed by atoms with Gasteiger partial charge in [-0.3, -0.25) is 10.1 Å². The Morgan fingerprint density at radius 3 is 2.46 bits per heavy atom. The molecule has 0 spiro atoms. The normalized spacial score (nSPS) is 10.8. The number of nitro groups is 1. The Kier molecular flexibility index (Phi) is 6.32. The quantitative estimate of drug-likeness (QED) is 0.449. The summed E-state index contributed by atoms with van der Waals surface area (Å²) in [7, 11) is 2.09. The fraction of sp³-hybridized carbons (Fsp3) is 0.368. The lowest BCUT2D eigenvalue weighted by atomic mass is 10.1. The molecule has 0 radical (unpaired) electrons. The summed E-state index contributed by atoms with van der Waals surface area (Å²) in [5.74, 6) is 0. The van der Waals surface area contributed by atoms with Gasteiger partial charge < -0.3 is 10.2 Å². The number of hydrogen-bond donors (Lipinski definition) is 1. The Hall–Kier alpha value is -2.40. The third-order valence-corrected chi connectivity index (χ3v) is 4.14. The third kappa shape index (κ3) is 5.06. The Morgan fingerprint density at radius 2 is 1.79 bits per heavy atom. The van der Waals surface area contributed by atoms with Crippen LogP contribution in [0.15, 0.2) is 42.5 Å². The molecule has 0 aliphatic heterocycles. The van der Waals surface area contributed by atoms with E-state index >= 15 is 0 Å². The van der Waals surface area contributed by atoms with Crippen LogP contribution in [0.5, 0.6) is 0 Å².